The van der Waals surface area contributed by atoms with Gasteiger partial charge in [-0.05, 0) is 91.9 Å². The van der Waals surface area contributed by atoms with E-state index in [4.69, 9.17) is 14.2 Å². The van der Waals surface area contributed by atoms with Crippen LogP contribution in [-0.4, -0.2) is 55.2 Å². The average molecular weight is 584 g/mol. The summed E-state index contributed by atoms with van der Waals surface area (Å²) in [5.41, 5.74) is 5.14. The van der Waals surface area contributed by atoms with Gasteiger partial charge < -0.3 is 19.5 Å². The van der Waals surface area contributed by atoms with E-state index in [1.165, 1.54) is 12.1 Å². The number of halogens is 1. The second-order valence-corrected chi connectivity index (χ2v) is 10.6. The summed E-state index contributed by atoms with van der Waals surface area (Å²) in [6.07, 6.45) is 5.19. The first-order valence-corrected chi connectivity index (χ1v) is 14.8. The zero-order valence-electron chi connectivity index (χ0n) is 24.9. The minimum Gasteiger partial charge on any atom is -0.497 e. The SMILES string of the molecule is CCOc1cc(CN2CCC(NC(=O)c3cc(OC)cc(-c4cccnc4)c3)CC2)cc(OCC)c1-c1ccc(F)cc1. The third kappa shape index (κ3) is 7.51. The van der Waals surface area contributed by atoms with E-state index in [-0.39, 0.29) is 17.8 Å². The maximum absolute atomic E-state index is 13.6. The Balaban J connectivity index is 1.25. The molecule has 0 radical (unpaired) electrons. The highest BCUT2D eigenvalue weighted by atomic mass is 19.1. The maximum atomic E-state index is 13.6. The van der Waals surface area contributed by atoms with Gasteiger partial charge in [-0.15, -0.1) is 0 Å². The van der Waals surface area contributed by atoms with E-state index in [0.717, 1.165) is 71.8 Å². The molecule has 224 valence electrons. The molecule has 1 aliphatic heterocycles. The van der Waals surface area contributed by atoms with E-state index in [2.05, 4.69) is 27.3 Å². The molecular formula is C35H38FN3O4. The molecule has 1 saturated heterocycles. The van der Waals surface area contributed by atoms with E-state index in [1.54, 1.807) is 37.7 Å². The fourth-order valence-corrected chi connectivity index (χ4v) is 5.49. The van der Waals surface area contributed by atoms with Crippen molar-refractivity contribution in [2.45, 2.75) is 39.3 Å². The number of aromatic nitrogens is 1. The molecule has 1 amide bonds. The molecule has 8 heteroatoms. The summed E-state index contributed by atoms with van der Waals surface area (Å²) in [6, 6.07) is 20.0. The van der Waals surface area contributed by atoms with Gasteiger partial charge >= 0.3 is 0 Å². The van der Waals surface area contributed by atoms with Crippen molar-refractivity contribution in [3.63, 3.8) is 0 Å². The molecule has 1 aliphatic rings. The summed E-state index contributed by atoms with van der Waals surface area (Å²) in [5, 5.41) is 3.23. The lowest BCUT2D eigenvalue weighted by molar-refractivity contribution is 0.0908. The van der Waals surface area contributed by atoms with Crippen molar-refractivity contribution >= 4 is 5.91 Å². The van der Waals surface area contributed by atoms with Crippen molar-refractivity contribution in [1.29, 1.82) is 0 Å². The van der Waals surface area contributed by atoms with Crippen molar-refractivity contribution in [2.75, 3.05) is 33.4 Å². The van der Waals surface area contributed by atoms with Crippen LogP contribution in [0.4, 0.5) is 4.39 Å². The maximum Gasteiger partial charge on any atom is 0.251 e. The third-order valence-corrected chi connectivity index (χ3v) is 7.59. The first kappa shape index (κ1) is 30.0. The van der Waals surface area contributed by atoms with Crippen LogP contribution < -0.4 is 19.5 Å². The zero-order valence-corrected chi connectivity index (χ0v) is 24.9. The van der Waals surface area contributed by atoms with Gasteiger partial charge in [-0.2, -0.15) is 0 Å². The summed E-state index contributed by atoms with van der Waals surface area (Å²) in [7, 11) is 1.60. The normalized spacial score (nSPS) is 13.9. The molecular weight excluding hydrogens is 545 g/mol. The van der Waals surface area contributed by atoms with Gasteiger partial charge in [-0.3, -0.25) is 14.7 Å². The van der Waals surface area contributed by atoms with Crippen LogP contribution in [-0.2, 0) is 6.54 Å². The summed E-state index contributed by atoms with van der Waals surface area (Å²) >= 11 is 0. The topological polar surface area (TPSA) is 72.9 Å². The Morgan fingerprint density at radius 2 is 1.63 bits per heavy atom. The summed E-state index contributed by atoms with van der Waals surface area (Å²) in [6.45, 7) is 7.33. The van der Waals surface area contributed by atoms with Crippen molar-refractivity contribution in [1.82, 2.24) is 15.2 Å². The lowest BCUT2D eigenvalue weighted by Gasteiger charge is -2.32. The van der Waals surface area contributed by atoms with Gasteiger partial charge in [-0.25, -0.2) is 4.39 Å². The monoisotopic (exact) mass is 583 g/mol. The number of amides is 1. The molecule has 0 atom stereocenters. The van der Waals surface area contributed by atoms with Gasteiger partial charge in [-0.1, -0.05) is 18.2 Å². The molecule has 3 aromatic carbocycles. The molecule has 0 aliphatic carbocycles. The highest BCUT2D eigenvalue weighted by Gasteiger charge is 2.23. The molecule has 5 rings (SSSR count). The fraction of sp³-hybridized carbons (Fsp3) is 0.314. The van der Waals surface area contributed by atoms with Gasteiger partial charge in [0.15, 0.2) is 0 Å². The van der Waals surface area contributed by atoms with Crippen LogP contribution in [0.5, 0.6) is 17.2 Å². The molecule has 43 heavy (non-hydrogen) atoms. The van der Waals surface area contributed by atoms with Gasteiger partial charge in [0, 0.05) is 49.2 Å². The van der Waals surface area contributed by atoms with Gasteiger partial charge in [0.25, 0.3) is 5.91 Å². The third-order valence-electron chi connectivity index (χ3n) is 7.59. The lowest BCUT2D eigenvalue weighted by Crippen LogP contribution is -2.44. The van der Waals surface area contributed by atoms with Crippen LogP contribution in [0.2, 0.25) is 0 Å². The summed E-state index contributed by atoms with van der Waals surface area (Å²) in [5.74, 6) is 1.68. The Morgan fingerprint density at radius 3 is 2.23 bits per heavy atom. The predicted molar refractivity (Wildman–Crippen MR) is 166 cm³/mol. The number of hydrogen-bond acceptors (Lipinski definition) is 6. The first-order valence-electron chi connectivity index (χ1n) is 14.8. The number of carbonyl (C=O) groups excluding carboxylic acids is 1. The van der Waals surface area contributed by atoms with Crippen LogP contribution in [0, 0.1) is 5.82 Å². The quantitative estimate of drug-likeness (QED) is 0.211. The average Bonchev–Trinajstić information content (AvgIpc) is 3.03. The van der Waals surface area contributed by atoms with Crippen molar-refractivity contribution in [3.05, 3.63) is 96.1 Å². The van der Waals surface area contributed by atoms with E-state index in [9.17, 15) is 9.18 Å². The number of piperidine rings is 1. The second kappa shape index (κ2) is 14.2. The Kier molecular flexibility index (Phi) is 9.89. The van der Waals surface area contributed by atoms with Crippen LogP contribution in [0.25, 0.3) is 22.3 Å². The van der Waals surface area contributed by atoms with Gasteiger partial charge in [0.05, 0.1) is 25.9 Å². The smallest absolute Gasteiger partial charge is 0.251 e. The molecule has 0 bridgehead atoms. The van der Waals surface area contributed by atoms with Crippen LogP contribution in [0.1, 0.15) is 42.6 Å². The molecule has 0 saturated carbocycles. The number of benzene rings is 3. The largest absolute Gasteiger partial charge is 0.497 e. The molecule has 2 heterocycles. The number of hydrogen-bond donors (Lipinski definition) is 1. The van der Waals surface area contributed by atoms with E-state index in [0.29, 0.717) is 24.5 Å². The van der Waals surface area contributed by atoms with Crippen molar-refractivity contribution < 1.29 is 23.4 Å². The Labute approximate surface area is 252 Å². The van der Waals surface area contributed by atoms with Gasteiger partial charge in [0.2, 0.25) is 0 Å². The van der Waals surface area contributed by atoms with E-state index >= 15 is 0 Å². The molecule has 4 aromatic rings. The Morgan fingerprint density at radius 1 is 0.930 bits per heavy atom. The Bertz CT molecular complexity index is 1490. The molecule has 7 nitrogen and oxygen atoms in total. The number of nitrogens with one attached hydrogen (secondary N) is 1. The highest BCUT2D eigenvalue weighted by Crippen LogP contribution is 2.40. The summed E-state index contributed by atoms with van der Waals surface area (Å²) < 4.78 is 31.2. The summed E-state index contributed by atoms with van der Waals surface area (Å²) in [4.78, 5) is 19.8. The standard InChI is InChI=1S/C35H38FN3O4/c1-4-42-32-17-24(18-33(43-5-2)34(32)25-8-10-29(36)11-9-25)23-39-15-12-30(13-16-39)38-35(40)28-19-27(20-31(21-28)41-3)26-7-6-14-37-22-26/h6-11,14,17-22,30H,4-5,12-13,15-16,23H2,1-3H3,(H,38,40). The molecule has 0 unspecified atom stereocenters. The molecule has 1 fully saturated rings. The van der Waals surface area contributed by atoms with Crippen LogP contribution >= 0.6 is 0 Å². The number of ether oxygens (including phenoxy) is 3. The number of pyridine rings is 1. The highest BCUT2D eigenvalue weighted by molar-refractivity contribution is 5.96. The number of nitrogens with zero attached hydrogens (tertiary/aromatic N) is 2. The second-order valence-electron chi connectivity index (χ2n) is 10.6. The Hall–Kier alpha value is -4.43. The van der Waals surface area contributed by atoms with E-state index in [1.807, 2.05) is 38.1 Å². The molecule has 1 aromatic heterocycles. The number of methoxy groups -OCH3 is 1. The molecule has 1 N–H and O–H groups in total. The van der Waals surface area contributed by atoms with E-state index < -0.39 is 0 Å². The predicted octanol–water partition coefficient (Wildman–Crippen LogP) is 6.76. The number of carbonyl (C=O) groups is 1. The zero-order chi connectivity index (χ0) is 30.2. The number of likely N-dealkylation sites (tertiary alicyclic amines) is 1. The molecule has 0 spiro atoms. The first-order chi connectivity index (χ1) is 21.0. The lowest BCUT2D eigenvalue weighted by atomic mass is 9.99. The fourth-order valence-electron chi connectivity index (χ4n) is 5.49. The van der Waals surface area contributed by atoms with Gasteiger partial charge in [0.1, 0.15) is 23.1 Å². The van der Waals surface area contributed by atoms with Crippen molar-refractivity contribution in [3.8, 4) is 39.5 Å². The minimum atomic E-state index is -0.283. The minimum absolute atomic E-state index is 0.0793. The van der Waals surface area contributed by atoms with Crippen molar-refractivity contribution in [2.24, 2.45) is 0 Å². The van der Waals surface area contributed by atoms with Crippen LogP contribution in [0.3, 0.4) is 0 Å². The number of rotatable bonds is 11. The van der Waals surface area contributed by atoms with Crippen LogP contribution in [0.15, 0.2) is 79.1 Å².